The van der Waals surface area contributed by atoms with Crippen LogP contribution in [0.1, 0.15) is 32.1 Å². The summed E-state index contributed by atoms with van der Waals surface area (Å²) in [5, 5.41) is 0. The average molecular weight is 177 g/mol. The van der Waals surface area contributed by atoms with E-state index >= 15 is 0 Å². The van der Waals surface area contributed by atoms with Gasteiger partial charge < -0.3 is 5.73 Å². The number of nitrogens with two attached hydrogens (primary N) is 1. The molecule has 2 aliphatic carbocycles. The quantitative estimate of drug-likeness (QED) is 0.612. The van der Waals surface area contributed by atoms with E-state index in [1.165, 1.54) is 32.1 Å². The van der Waals surface area contributed by atoms with E-state index in [1.54, 1.807) is 0 Å². The lowest BCUT2D eigenvalue weighted by molar-refractivity contribution is 0.339. The lowest BCUT2D eigenvalue weighted by Gasteiger charge is -2.31. The normalized spacial score (nSPS) is 39.3. The van der Waals surface area contributed by atoms with Crippen LogP contribution in [0.15, 0.2) is 24.3 Å². The zero-order chi connectivity index (χ0) is 9.10. The Bertz CT molecular complexity index is 217. The number of hydrogen-bond donors (Lipinski definition) is 1. The molecule has 0 aliphatic heterocycles. The molecule has 2 aliphatic rings. The van der Waals surface area contributed by atoms with Gasteiger partial charge in [0.25, 0.3) is 0 Å². The van der Waals surface area contributed by atoms with Gasteiger partial charge in [-0.1, -0.05) is 24.3 Å². The number of allylic oxidation sites excluding steroid dienone is 3. The molecule has 0 bridgehead atoms. The van der Waals surface area contributed by atoms with Gasteiger partial charge in [-0.2, -0.15) is 0 Å². The predicted molar refractivity (Wildman–Crippen MR) is 56.3 cm³/mol. The molecule has 0 aromatic rings. The minimum absolute atomic E-state index is 0.401. The summed E-state index contributed by atoms with van der Waals surface area (Å²) in [4.78, 5) is 0. The van der Waals surface area contributed by atoms with E-state index in [9.17, 15) is 0 Å². The van der Waals surface area contributed by atoms with Gasteiger partial charge in [-0.05, 0) is 43.9 Å². The van der Waals surface area contributed by atoms with Crippen LogP contribution in [0.2, 0.25) is 0 Å². The highest BCUT2D eigenvalue weighted by Gasteiger charge is 2.25. The zero-order valence-corrected chi connectivity index (χ0v) is 8.15. The Morgan fingerprint density at radius 2 is 1.85 bits per heavy atom. The van der Waals surface area contributed by atoms with Crippen LogP contribution in [0.25, 0.3) is 0 Å². The zero-order valence-electron chi connectivity index (χ0n) is 8.15. The Morgan fingerprint density at radius 1 is 1.00 bits per heavy atom. The van der Waals surface area contributed by atoms with Crippen LogP contribution in [0.4, 0.5) is 0 Å². The summed E-state index contributed by atoms with van der Waals surface area (Å²) < 4.78 is 0. The molecule has 72 valence electrons. The van der Waals surface area contributed by atoms with E-state index in [-0.39, 0.29) is 0 Å². The van der Waals surface area contributed by atoms with Crippen molar-refractivity contribution < 1.29 is 0 Å². The molecule has 0 aromatic heterocycles. The Kier molecular flexibility index (Phi) is 2.84. The largest absolute Gasteiger partial charge is 0.327 e. The van der Waals surface area contributed by atoms with Crippen molar-refractivity contribution in [2.45, 2.75) is 38.1 Å². The molecule has 0 heterocycles. The Balaban J connectivity index is 2.04. The molecular weight excluding hydrogens is 158 g/mol. The van der Waals surface area contributed by atoms with Gasteiger partial charge in [0.2, 0.25) is 0 Å². The molecule has 2 N–H and O–H groups in total. The molecule has 2 rings (SSSR count). The fourth-order valence-electron chi connectivity index (χ4n) is 2.50. The van der Waals surface area contributed by atoms with Crippen molar-refractivity contribution >= 4 is 0 Å². The van der Waals surface area contributed by atoms with Gasteiger partial charge in [-0.3, -0.25) is 0 Å². The molecule has 0 radical (unpaired) electrons. The molecule has 1 nitrogen and oxygen atoms in total. The van der Waals surface area contributed by atoms with Gasteiger partial charge in [0.1, 0.15) is 0 Å². The Hall–Kier alpha value is -0.560. The van der Waals surface area contributed by atoms with E-state index in [2.05, 4.69) is 24.3 Å². The fourth-order valence-corrected chi connectivity index (χ4v) is 2.50. The summed E-state index contributed by atoms with van der Waals surface area (Å²) in [6.45, 7) is 0. The SMILES string of the molecule is NC1CCC=CC1C1C=CCCC1. The number of rotatable bonds is 1. The maximum absolute atomic E-state index is 6.12. The highest BCUT2D eigenvalue weighted by molar-refractivity contribution is 5.07. The first-order chi connectivity index (χ1) is 6.38. The van der Waals surface area contributed by atoms with Crippen molar-refractivity contribution in [3.63, 3.8) is 0 Å². The maximum atomic E-state index is 6.12. The van der Waals surface area contributed by atoms with E-state index < -0.39 is 0 Å². The summed E-state index contributed by atoms with van der Waals surface area (Å²) in [6.07, 6.45) is 15.6. The molecule has 0 amide bonds. The van der Waals surface area contributed by atoms with E-state index in [4.69, 9.17) is 5.73 Å². The van der Waals surface area contributed by atoms with Crippen molar-refractivity contribution in [2.75, 3.05) is 0 Å². The van der Waals surface area contributed by atoms with Crippen molar-refractivity contribution in [1.82, 2.24) is 0 Å². The summed E-state index contributed by atoms with van der Waals surface area (Å²) in [7, 11) is 0. The van der Waals surface area contributed by atoms with Crippen LogP contribution in [0.5, 0.6) is 0 Å². The highest BCUT2D eigenvalue weighted by Crippen LogP contribution is 2.31. The molecule has 0 aromatic carbocycles. The number of hydrogen-bond acceptors (Lipinski definition) is 1. The van der Waals surface area contributed by atoms with Crippen LogP contribution < -0.4 is 5.73 Å². The highest BCUT2D eigenvalue weighted by atomic mass is 14.7. The minimum atomic E-state index is 0.401. The van der Waals surface area contributed by atoms with E-state index in [1.807, 2.05) is 0 Å². The fraction of sp³-hybridized carbons (Fsp3) is 0.667. The Morgan fingerprint density at radius 3 is 2.54 bits per heavy atom. The predicted octanol–water partition coefficient (Wildman–Crippen LogP) is 2.64. The van der Waals surface area contributed by atoms with Crippen molar-refractivity contribution in [1.29, 1.82) is 0 Å². The van der Waals surface area contributed by atoms with Crippen LogP contribution >= 0.6 is 0 Å². The van der Waals surface area contributed by atoms with Gasteiger partial charge in [0.05, 0.1) is 0 Å². The van der Waals surface area contributed by atoms with Crippen molar-refractivity contribution in [3.8, 4) is 0 Å². The maximum Gasteiger partial charge on any atom is 0.0110 e. The lowest BCUT2D eigenvalue weighted by atomic mass is 9.77. The van der Waals surface area contributed by atoms with Crippen LogP contribution in [-0.4, -0.2) is 6.04 Å². The van der Waals surface area contributed by atoms with Gasteiger partial charge in [0, 0.05) is 6.04 Å². The first kappa shape index (κ1) is 9.01. The smallest absolute Gasteiger partial charge is 0.0110 e. The third-order valence-electron chi connectivity index (χ3n) is 3.31. The van der Waals surface area contributed by atoms with Gasteiger partial charge in [0.15, 0.2) is 0 Å². The second kappa shape index (κ2) is 4.10. The second-order valence-electron chi connectivity index (χ2n) is 4.27. The van der Waals surface area contributed by atoms with Crippen LogP contribution in [0, 0.1) is 11.8 Å². The monoisotopic (exact) mass is 177 g/mol. The standard InChI is InChI=1S/C12H19N/c13-12-9-5-4-8-11(12)10-6-2-1-3-7-10/h2,4,6,8,10-12H,1,3,5,7,9,13H2. The molecule has 3 atom stereocenters. The molecule has 0 saturated carbocycles. The molecular formula is C12H19N. The average Bonchev–Trinajstić information content (AvgIpc) is 2.20. The van der Waals surface area contributed by atoms with Gasteiger partial charge in [-0.25, -0.2) is 0 Å². The minimum Gasteiger partial charge on any atom is -0.327 e. The summed E-state index contributed by atoms with van der Waals surface area (Å²) >= 11 is 0. The summed E-state index contributed by atoms with van der Waals surface area (Å²) in [6, 6.07) is 0.401. The summed E-state index contributed by atoms with van der Waals surface area (Å²) in [5.74, 6) is 1.34. The third-order valence-corrected chi connectivity index (χ3v) is 3.31. The van der Waals surface area contributed by atoms with Crippen LogP contribution in [0.3, 0.4) is 0 Å². The van der Waals surface area contributed by atoms with E-state index in [0.717, 1.165) is 5.92 Å². The molecule has 0 spiro atoms. The van der Waals surface area contributed by atoms with Gasteiger partial charge >= 0.3 is 0 Å². The first-order valence-electron chi connectivity index (χ1n) is 5.47. The molecule has 0 fully saturated rings. The second-order valence-corrected chi connectivity index (χ2v) is 4.27. The lowest BCUT2D eigenvalue weighted by Crippen LogP contribution is -2.35. The van der Waals surface area contributed by atoms with Crippen molar-refractivity contribution in [3.05, 3.63) is 24.3 Å². The van der Waals surface area contributed by atoms with Crippen LogP contribution in [-0.2, 0) is 0 Å². The molecule has 1 heteroatoms. The summed E-state index contributed by atoms with van der Waals surface area (Å²) in [5.41, 5.74) is 6.12. The molecule has 13 heavy (non-hydrogen) atoms. The van der Waals surface area contributed by atoms with E-state index in [0.29, 0.717) is 12.0 Å². The topological polar surface area (TPSA) is 26.0 Å². The van der Waals surface area contributed by atoms with Gasteiger partial charge in [-0.15, -0.1) is 0 Å². The molecule has 0 saturated heterocycles. The third kappa shape index (κ3) is 2.02. The molecule has 3 unspecified atom stereocenters. The Labute approximate surface area is 80.7 Å². The first-order valence-corrected chi connectivity index (χ1v) is 5.47. The van der Waals surface area contributed by atoms with Crippen molar-refractivity contribution in [2.24, 2.45) is 17.6 Å².